The number of ether oxygens (including phenoxy) is 1. The largest absolute Gasteiger partial charge is 0.380 e. The number of likely N-dealkylation sites (N-methyl/N-ethyl adjacent to an activating group) is 1. The predicted octanol–water partition coefficient (Wildman–Crippen LogP) is 2.14. The van der Waals surface area contributed by atoms with Crippen LogP contribution in [0.15, 0.2) is 23.1 Å². The fourth-order valence-corrected chi connectivity index (χ4v) is 3.98. The summed E-state index contributed by atoms with van der Waals surface area (Å²) in [6, 6.07) is 5.22. The zero-order valence-electron chi connectivity index (χ0n) is 11.1. The van der Waals surface area contributed by atoms with Crippen LogP contribution in [0.1, 0.15) is 17.5 Å². The Morgan fingerprint density at radius 1 is 1.47 bits per heavy atom. The molecule has 0 saturated carbocycles. The molecule has 1 aliphatic heterocycles. The molecule has 0 bridgehead atoms. The Morgan fingerprint density at radius 2 is 2.21 bits per heavy atom. The summed E-state index contributed by atoms with van der Waals surface area (Å²) in [5, 5.41) is 0. The molecule has 1 heterocycles. The summed E-state index contributed by atoms with van der Waals surface area (Å²) in [5.41, 5.74) is 1.54. The highest BCUT2D eigenvalue weighted by Crippen LogP contribution is 2.24. The van der Waals surface area contributed by atoms with E-state index in [-0.39, 0.29) is 6.04 Å². The van der Waals surface area contributed by atoms with Crippen LogP contribution in [-0.2, 0) is 20.6 Å². The maximum atomic E-state index is 12.6. The van der Waals surface area contributed by atoms with Gasteiger partial charge in [-0.1, -0.05) is 12.1 Å². The lowest BCUT2D eigenvalue weighted by atomic mass is 10.2. The molecule has 1 saturated heterocycles. The van der Waals surface area contributed by atoms with Gasteiger partial charge < -0.3 is 4.74 Å². The molecule has 1 atom stereocenters. The fourth-order valence-electron chi connectivity index (χ4n) is 2.17. The average molecular weight is 304 g/mol. The van der Waals surface area contributed by atoms with E-state index in [9.17, 15) is 8.42 Å². The number of nitrogens with zero attached hydrogens (tertiary/aromatic N) is 1. The molecule has 2 rings (SSSR count). The standard InChI is InChI=1S/C13H18ClNO3S/c1-10-3-4-11(8-14)7-13(10)19(16,17)15(2)12-5-6-18-9-12/h3-4,7,12H,5-6,8-9H2,1-2H3. The van der Waals surface area contributed by atoms with Crippen LogP contribution >= 0.6 is 11.6 Å². The molecule has 0 aromatic heterocycles. The zero-order chi connectivity index (χ0) is 14.0. The molecule has 0 radical (unpaired) electrons. The smallest absolute Gasteiger partial charge is 0.243 e. The Bertz CT molecular complexity index is 553. The van der Waals surface area contributed by atoms with Gasteiger partial charge in [-0.05, 0) is 30.5 Å². The molecule has 1 fully saturated rings. The van der Waals surface area contributed by atoms with E-state index < -0.39 is 10.0 Å². The first-order valence-electron chi connectivity index (χ1n) is 6.18. The summed E-state index contributed by atoms with van der Waals surface area (Å²) in [7, 11) is -1.88. The minimum atomic E-state index is -3.49. The van der Waals surface area contributed by atoms with Crippen molar-refractivity contribution in [3.8, 4) is 0 Å². The highest BCUT2D eigenvalue weighted by molar-refractivity contribution is 7.89. The molecule has 0 aliphatic carbocycles. The molecular weight excluding hydrogens is 286 g/mol. The molecule has 0 amide bonds. The first-order chi connectivity index (χ1) is 8.96. The van der Waals surface area contributed by atoms with E-state index >= 15 is 0 Å². The van der Waals surface area contributed by atoms with Crippen molar-refractivity contribution in [3.63, 3.8) is 0 Å². The normalized spacial score (nSPS) is 20.1. The molecule has 106 valence electrons. The summed E-state index contributed by atoms with van der Waals surface area (Å²) < 4.78 is 31.9. The predicted molar refractivity (Wildman–Crippen MR) is 74.9 cm³/mol. The quantitative estimate of drug-likeness (QED) is 0.801. The van der Waals surface area contributed by atoms with E-state index in [1.807, 2.05) is 6.07 Å². The van der Waals surface area contributed by atoms with Crippen molar-refractivity contribution >= 4 is 21.6 Å². The lowest BCUT2D eigenvalue weighted by molar-refractivity contribution is 0.181. The lowest BCUT2D eigenvalue weighted by Gasteiger charge is -2.23. The minimum absolute atomic E-state index is 0.0796. The number of halogens is 1. The van der Waals surface area contributed by atoms with Crippen LogP contribution in [0.5, 0.6) is 0 Å². The van der Waals surface area contributed by atoms with Crippen molar-refractivity contribution in [1.29, 1.82) is 0 Å². The third kappa shape index (κ3) is 2.94. The van der Waals surface area contributed by atoms with Gasteiger partial charge in [-0.3, -0.25) is 0 Å². The van der Waals surface area contributed by atoms with E-state index in [4.69, 9.17) is 16.3 Å². The number of hydrogen-bond acceptors (Lipinski definition) is 3. The Balaban J connectivity index is 2.38. The van der Waals surface area contributed by atoms with E-state index in [0.717, 1.165) is 17.5 Å². The second kappa shape index (κ2) is 5.79. The van der Waals surface area contributed by atoms with Crippen LogP contribution in [0.25, 0.3) is 0 Å². The number of rotatable bonds is 4. The van der Waals surface area contributed by atoms with Crippen molar-refractivity contribution in [2.45, 2.75) is 30.2 Å². The summed E-state index contributed by atoms with van der Waals surface area (Å²) in [4.78, 5) is 0.333. The van der Waals surface area contributed by atoms with Gasteiger partial charge in [0.1, 0.15) is 0 Å². The van der Waals surface area contributed by atoms with E-state index in [1.165, 1.54) is 4.31 Å². The second-order valence-electron chi connectivity index (χ2n) is 4.77. The van der Waals surface area contributed by atoms with Crippen LogP contribution in [-0.4, -0.2) is 39.0 Å². The van der Waals surface area contributed by atoms with Crippen LogP contribution < -0.4 is 0 Å². The van der Waals surface area contributed by atoms with Crippen molar-refractivity contribution in [2.24, 2.45) is 0 Å². The first-order valence-corrected chi connectivity index (χ1v) is 8.15. The van der Waals surface area contributed by atoms with Gasteiger partial charge in [0, 0.05) is 19.5 Å². The maximum absolute atomic E-state index is 12.6. The third-order valence-corrected chi connectivity index (χ3v) is 5.84. The summed E-state index contributed by atoms with van der Waals surface area (Å²) in [5.74, 6) is 0.305. The van der Waals surface area contributed by atoms with Crippen LogP contribution in [0, 0.1) is 6.92 Å². The Hall–Kier alpha value is -0.620. The topological polar surface area (TPSA) is 46.6 Å². The number of aryl methyl sites for hydroxylation is 1. The van der Waals surface area contributed by atoms with E-state index in [2.05, 4.69) is 0 Å². The Kier molecular flexibility index (Phi) is 4.50. The molecule has 19 heavy (non-hydrogen) atoms. The average Bonchev–Trinajstić information content (AvgIpc) is 2.92. The van der Waals surface area contributed by atoms with Crippen molar-refractivity contribution in [2.75, 3.05) is 20.3 Å². The molecule has 1 aromatic carbocycles. The SMILES string of the molecule is Cc1ccc(CCl)cc1S(=O)(=O)N(C)C1CCOC1. The van der Waals surface area contributed by atoms with Crippen molar-refractivity contribution < 1.29 is 13.2 Å². The van der Waals surface area contributed by atoms with Gasteiger partial charge in [0.15, 0.2) is 0 Å². The van der Waals surface area contributed by atoms with Crippen LogP contribution in [0.4, 0.5) is 0 Å². The van der Waals surface area contributed by atoms with Gasteiger partial charge in [-0.25, -0.2) is 8.42 Å². The number of sulfonamides is 1. The highest BCUT2D eigenvalue weighted by Gasteiger charge is 2.31. The van der Waals surface area contributed by atoms with Crippen molar-refractivity contribution in [1.82, 2.24) is 4.31 Å². The van der Waals surface area contributed by atoms with Gasteiger partial charge in [-0.15, -0.1) is 11.6 Å². The van der Waals surface area contributed by atoms with Gasteiger partial charge in [0.25, 0.3) is 0 Å². The first kappa shape index (κ1) is 14.8. The zero-order valence-corrected chi connectivity index (χ0v) is 12.7. The molecule has 1 aromatic rings. The van der Waals surface area contributed by atoms with Crippen LogP contribution in [0.3, 0.4) is 0 Å². The van der Waals surface area contributed by atoms with E-state index in [0.29, 0.717) is 24.0 Å². The summed E-state index contributed by atoms with van der Waals surface area (Å²) in [6.45, 7) is 2.87. The summed E-state index contributed by atoms with van der Waals surface area (Å²) >= 11 is 5.78. The van der Waals surface area contributed by atoms with E-state index in [1.54, 1.807) is 26.1 Å². The van der Waals surface area contributed by atoms with Crippen LogP contribution in [0.2, 0.25) is 0 Å². The number of hydrogen-bond donors (Lipinski definition) is 0. The van der Waals surface area contributed by atoms with Gasteiger partial charge in [0.2, 0.25) is 10.0 Å². The molecular formula is C13H18ClNO3S. The molecule has 0 spiro atoms. The third-order valence-electron chi connectivity index (χ3n) is 3.48. The van der Waals surface area contributed by atoms with Gasteiger partial charge in [-0.2, -0.15) is 4.31 Å². The molecule has 4 nitrogen and oxygen atoms in total. The second-order valence-corrected chi connectivity index (χ2v) is 7.01. The van der Waals surface area contributed by atoms with Gasteiger partial charge in [0.05, 0.1) is 17.5 Å². The number of alkyl halides is 1. The Labute approximate surface area is 119 Å². The molecule has 6 heteroatoms. The van der Waals surface area contributed by atoms with Gasteiger partial charge >= 0.3 is 0 Å². The monoisotopic (exact) mass is 303 g/mol. The number of benzene rings is 1. The maximum Gasteiger partial charge on any atom is 0.243 e. The highest BCUT2D eigenvalue weighted by atomic mass is 35.5. The minimum Gasteiger partial charge on any atom is -0.380 e. The molecule has 0 N–H and O–H groups in total. The lowest BCUT2D eigenvalue weighted by Crippen LogP contribution is -2.37. The Morgan fingerprint density at radius 3 is 2.79 bits per heavy atom. The molecule has 1 aliphatic rings. The summed E-state index contributed by atoms with van der Waals surface area (Å²) in [6.07, 6.45) is 0.740. The van der Waals surface area contributed by atoms with Crippen molar-refractivity contribution in [3.05, 3.63) is 29.3 Å². The molecule has 1 unspecified atom stereocenters. The fraction of sp³-hybridized carbons (Fsp3) is 0.538.